The molecule has 3 aromatic rings. The fourth-order valence-electron chi connectivity index (χ4n) is 7.12. The number of amides is 1. The number of halogens is 3. The highest BCUT2D eigenvalue weighted by molar-refractivity contribution is 6.76. The van der Waals surface area contributed by atoms with Crippen LogP contribution in [-0.4, -0.2) is 45.4 Å². The molecule has 1 aliphatic rings. The lowest BCUT2D eigenvalue weighted by atomic mass is 9.89. The summed E-state index contributed by atoms with van der Waals surface area (Å²) >= 11 is 17.2. The van der Waals surface area contributed by atoms with Crippen LogP contribution in [0.2, 0.25) is 0 Å². The molecule has 4 rings (SSSR count). The molecule has 53 heavy (non-hydrogen) atoms. The van der Waals surface area contributed by atoms with E-state index in [-0.39, 0.29) is 31.3 Å². The molecule has 0 aliphatic carbocycles. The van der Waals surface area contributed by atoms with Gasteiger partial charge in [-0.1, -0.05) is 180 Å². The fraction of sp³-hybridized carbons (Fsp3) is 0.568. The summed E-state index contributed by atoms with van der Waals surface area (Å²) in [4.78, 5) is 14.8. The van der Waals surface area contributed by atoms with Gasteiger partial charge in [-0.3, -0.25) is 4.79 Å². The monoisotopic (exact) mass is 786 g/mol. The Bertz CT molecular complexity index is 1480. The van der Waals surface area contributed by atoms with E-state index in [1.54, 1.807) is 0 Å². The number of carbonyl (C=O) groups excluding carboxylic acids is 1. The second kappa shape index (κ2) is 23.0. The molecule has 0 saturated carbocycles. The SMILES string of the molecule is CCCCCCCCN(CCCCCCCC)C[C@@H]1O[C@H](c2cccc(-c3cccc(CNC(=O)C(Cl)(Cl)Cl)c3)c2)O[C@H](c2ccc(CO)cc2)[C@@H]1C. The van der Waals surface area contributed by atoms with Crippen LogP contribution in [-0.2, 0) is 27.4 Å². The topological polar surface area (TPSA) is 71.0 Å². The normalized spacial score (nSPS) is 19.1. The zero-order valence-electron chi connectivity index (χ0n) is 32.0. The van der Waals surface area contributed by atoms with E-state index < -0.39 is 16.0 Å². The molecule has 1 aliphatic heterocycles. The number of benzene rings is 3. The number of nitrogens with zero attached hydrogens (tertiary/aromatic N) is 1. The first-order valence-electron chi connectivity index (χ1n) is 19.9. The lowest BCUT2D eigenvalue weighted by Gasteiger charge is -2.43. The van der Waals surface area contributed by atoms with E-state index in [0.717, 1.165) is 53.0 Å². The van der Waals surface area contributed by atoms with E-state index in [1.165, 1.54) is 77.0 Å². The second-order valence-electron chi connectivity index (χ2n) is 14.7. The maximum absolute atomic E-state index is 12.1. The Morgan fingerprint density at radius 3 is 1.92 bits per heavy atom. The van der Waals surface area contributed by atoms with Crippen LogP contribution in [0.15, 0.2) is 72.8 Å². The molecular weight excluding hydrogens is 727 g/mol. The number of aliphatic hydroxyl groups excluding tert-OH is 1. The third-order valence-corrected chi connectivity index (χ3v) is 10.9. The van der Waals surface area contributed by atoms with Gasteiger partial charge in [0, 0.05) is 24.6 Å². The molecule has 2 N–H and O–H groups in total. The number of nitrogens with one attached hydrogen (secondary N) is 1. The number of ether oxygens (including phenoxy) is 2. The van der Waals surface area contributed by atoms with Crippen molar-refractivity contribution in [2.45, 2.75) is 133 Å². The highest BCUT2D eigenvalue weighted by Gasteiger charge is 2.39. The van der Waals surface area contributed by atoms with Crippen molar-refractivity contribution < 1.29 is 19.4 Å². The van der Waals surface area contributed by atoms with E-state index in [9.17, 15) is 9.90 Å². The van der Waals surface area contributed by atoms with Gasteiger partial charge in [-0.15, -0.1) is 0 Å². The minimum absolute atomic E-state index is 0.00877. The summed E-state index contributed by atoms with van der Waals surface area (Å²) in [6.45, 7) is 10.1. The molecule has 9 heteroatoms. The van der Waals surface area contributed by atoms with Gasteiger partial charge in [0.05, 0.1) is 18.8 Å². The van der Waals surface area contributed by atoms with Gasteiger partial charge in [-0.25, -0.2) is 0 Å². The van der Waals surface area contributed by atoms with Crippen molar-refractivity contribution in [3.05, 3.63) is 95.1 Å². The molecule has 0 unspecified atom stereocenters. The summed E-state index contributed by atoms with van der Waals surface area (Å²) in [6, 6.07) is 24.4. The molecule has 0 bridgehead atoms. The van der Waals surface area contributed by atoms with Crippen molar-refractivity contribution >= 4 is 40.7 Å². The molecular formula is C44H61Cl3N2O4. The molecule has 3 aromatic carbocycles. The van der Waals surface area contributed by atoms with Crippen molar-refractivity contribution in [2.75, 3.05) is 19.6 Å². The predicted octanol–water partition coefficient (Wildman–Crippen LogP) is 11.6. The first kappa shape index (κ1) is 43.6. The molecule has 4 atom stereocenters. The van der Waals surface area contributed by atoms with Crippen molar-refractivity contribution in [1.29, 1.82) is 0 Å². The molecule has 0 spiro atoms. The Hall–Kier alpha value is -2.16. The van der Waals surface area contributed by atoms with E-state index in [4.69, 9.17) is 44.3 Å². The van der Waals surface area contributed by atoms with Crippen LogP contribution in [0, 0.1) is 5.92 Å². The van der Waals surface area contributed by atoms with E-state index >= 15 is 0 Å². The number of hydrogen-bond acceptors (Lipinski definition) is 5. The Balaban J connectivity index is 1.55. The second-order valence-corrected chi connectivity index (χ2v) is 16.9. The third-order valence-electron chi connectivity index (χ3n) is 10.3. The first-order chi connectivity index (χ1) is 25.6. The van der Waals surface area contributed by atoms with Gasteiger partial charge in [-0.2, -0.15) is 0 Å². The molecule has 1 heterocycles. The maximum Gasteiger partial charge on any atom is 0.272 e. The van der Waals surface area contributed by atoms with Crippen molar-refractivity contribution in [2.24, 2.45) is 5.92 Å². The zero-order chi connectivity index (χ0) is 38.1. The van der Waals surface area contributed by atoms with Crippen molar-refractivity contribution in [3.8, 4) is 11.1 Å². The summed E-state index contributed by atoms with van der Waals surface area (Å²) in [5.41, 5.74) is 5.81. The van der Waals surface area contributed by atoms with Crippen LogP contribution in [0.25, 0.3) is 11.1 Å². The van der Waals surface area contributed by atoms with Crippen LogP contribution in [0.1, 0.15) is 132 Å². The molecule has 0 aromatic heterocycles. The van der Waals surface area contributed by atoms with Gasteiger partial charge < -0.3 is 24.8 Å². The van der Waals surface area contributed by atoms with Crippen LogP contribution in [0.5, 0.6) is 0 Å². The third kappa shape index (κ3) is 14.5. The summed E-state index contributed by atoms with van der Waals surface area (Å²) in [6.07, 6.45) is 14.6. The van der Waals surface area contributed by atoms with Crippen LogP contribution in [0.3, 0.4) is 0 Å². The van der Waals surface area contributed by atoms with Crippen LogP contribution >= 0.6 is 34.8 Å². The average Bonchev–Trinajstić information content (AvgIpc) is 3.17. The van der Waals surface area contributed by atoms with Gasteiger partial charge in [0.15, 0.2) is 6.29 Å². The van der Waals surface area contributed by atoms with E-state index in [1.807, 2.05) is 42.5 Å². The molecule has 1 amide bonds. The lowest BCUT2D eigenvalue weighted by molar-refractivity contribution is -0.276. The molecule has 1 fully saturated rings. The van der Waals surface area contributed by atoms with Gasteiger partial charge in [-0.05, 0) is 65.9 Å². The molecule has 6 nitrogen and oxygen atoms in total. The van der Waals surface area contributed by atoms with E-state index in [0.29, 0.717) is 0 Å². The predicted molar refractivity (Wildman–Crippen MR) is 220 cm³/mol. The first-order valence-corrected chi connectivity index (χ1v) is 21.0. The van der Waals surface area contributed by atoms with Gasteiger partial charge in [0.1, 0.15) is 0 Å². The lowest BCUT2D eigenvalue weighted by Crippen LogP contribution is -2.45. The highest BCUT2D eigenvalue weighted by atomic mass is 35.6. The summed E-state index contributed by atoms with van der Waals surface area (Å²) in [5, 5.41) is 12.4. The molecule has 292 valence electrons. The van der Waals surface area contributed by atoms with Gasteiger partial charge >= 0.3 is 0 Å². The minimum Gasteiger partial charge on any atom is -0.392 e. The number of aliphatic hydroxyl groups is 1. The standard InChI is InChI=1S/C44H61Cl3N2O4/c1-4-6-8-10-12-14-26-49(27-15-13-11-9-7-5-2)31-40-33(3)41(36-24-22-34(32-50)23-25-36)53-42(52-40)39-21-17-20-38(29-39)37-19-16-18-35(28-37)30-48-43(51)44(45,46)47/h16-25,28-29,33,40-42,50H,4-15,26-27,30-32H2,1-3H3,(H,48,51)/t33-,40+,41+,42+/m1/s1. The quantitative estimate of drug-likeness (QED) is 0.0784. The molecule has 1 saturated heterocycles. The van der Waals surface area contributed by atoms with Crippen molar-refractivity contribution in [3.63, 3.8) is 0 Å². The maximum atomic E-state index is 12.1. The Kier molecular flexibility index (Phi) is 18.9. The fourth-order valence-corrected chi connectivity index (χ4v) is 7.32. The number of carbonyl (C=O) groups is 1. The number of hydrogen-bond donors (Lipinski definition) is 2. The van der Waals surface area contributed by atoms with E-state index in [2.05, 4.69) is 61.3 Å². The highest BCUT2D eigenvalue weighted by Crippen LogP contribution is 2.42. The van der Waals surface area contributed by atoms with Crippen LogP contribution in [0.4, 0.5) is 0 Å². The largest absolute Gasteiger partial charge is 0.392 e. The van der Waals surface area contributed by atoms with Crippen LogP contribution < -0.4 is 5.32 Å². The molecule has 0 radical (unpaired) electrons. The summed E-state index contributed by atoms with van der Waals surface area (Å²) < 4.78 is 11.8. The number of alkyl halides is 3. The number of unbranched alkanes of at least 4 members (excludes halogenated alkanes) is 10. The minimum atomic E-state index is -2.01. The Morgan fingerprint density at radius 1 is 0.736 bits per heavy atom. The Morgan fingerprint density at radius 2 is 1.32 bits per heavy atom. The Labute approximate surface area is 333 Å². The van der Waals surface area contributed by atoms with Crippen molar-refractivity contribution in [1.82, 2.24) is 10.2 Å². The number of rotatable bonds is 22. The smallest absolute Gasteiger partial charge is 0.272 e. The average molecular weight is 788 g/mol. The summed E-state index contributed by atoms with van der Waals surface area (Å²) in [7, 11) is 0. The zero-order valence-corrected chi connectivity index (χ0v) is 34.3. The van der Waals surface area contributed by atoms with Gasteiger partial charge in [0.2, 0.25) is 0 Å². The summed E-state index contributed by atoms with van der Waals surface area (Å²) in [5.74, 6) is -0.547. The van der Waals surface area contributed by atoms with Gasteiger partial charge in [0.25, 0.3) is 9.70 Å².